The Kier molecular flexibility index (Phi) is 10.2. The number of unbranched alkanes of at least 4 members (excludes halogenated alkanes) is 7. The number of hydrogen-bond acceptors (Lipinski definition) is 1. The van der Waals surface area contributed by atoms with Crippen LogP contribution in [0.25, 0.3) is 0 Å². The van der Waals surface area contributed by atoms with Crippen LogP contribution in [0.2, 0.25) is 0 Å². The number of rotatable bonds is 12. The zero-order chi connectivity index (χ0) is 15.3. The summed E-state index contributed by atoms with van der Waals surface area (Å²) in [5.74, 6) is 0. The second-order valence-electron chi connectivity index (χ2n) is 6.38. The van der Waals surface area contributed by atoms with Gasteiger partial charge in [-0.3, -0.25) is 0 Å². The standard InChI is InChI=1S/C20H34O/c1-3-4-5-6-7-8-9-10-15-20(21)17-16-19-14-12-11-13-18(19)2/h11-14,20-21H,3-10,15-17H2,1-2H3. The summed E-state index contributed by atoms with van der Waals surface area (Å²) in [6.45, 7) is 4.42. The molecule has 0 radical (unpaired) electrons. The molecule has 1 heteroatoms. The first-order valence-electron chi connectivity index (χ1n) is 8.96. The predicted octanol–water partition coefficient (Wildman–Crippen LogP) is 5.82. The third-order valence-electron chi connectivity index (χ3n) is 4.40. The van der Waals surface area contributed by atoms with Crippen molar-refractivity contribution in [1.29, 1.82) is 0 Å². The van der Waals surface area contributed by atoms with Gasteiger partial charge in [0.25, 0.3) is 0 Å². The van der Waals surface area contributed by atoms with Crippen LogP contribution in [-0.4, -0.2) is 11.2 Å². The Balaban J connectivity index is 1.99. The van der Waals surface area contributed by atoms with Crippen molar-refractivity contribution in [2.45, 2.75) is 90.6 Å². The third-order valence-corrected chi connectivity index (χ3v) is 4.40. The van der Waals surface area contributed by atoms with Gasteiger partial charge in [-0.15, -0.1) is 0 Å². The summed E-state index contributed by atoms with van der Waals surface area (Å²) in [6.07, 6.45) is 13.4. The zero-order valence-electron chi connectivity index (χ0n) is 14.1. The van der Waals surface area contributed by atoms with E-state index < -0.39 is 0 Å². The summed E-state index contributed by atoms with van der Waals surface area (Å²) in [5.41, 5.74) is 2.73. The van der Waals surface area contributed by atoms with Gasteiger partial charge in [-0.2, -0.15) is 0 Å². The van der Waals surface area contributed by atoms with Gasteiger partial charge < -0.3 is 5.11 Å². The fourth-order valence-corrected chi connectivity index (χ4v) is 2.87. The Morgan fingerprint density at radius 1 is 0.857 bits per heavy atom. The maximum Gasteiger partial charge on any atom is 0.0543 e. The second-order valence-corrected chi connectivity index (χ2v) is 6.38. The lowest BCUT2D eigenvalue weighted by Crippen LogP contribution is -2.08. The second kappa shape index (κ2) is 11.8. The highest BCUT2D eigenvalue weighted by Crippen LogP contribution is 2.15. The third kappa shape index (κ3) is 8.93. The lowest BCUT2D eigenvalue weighted by atomic mass is 9.99. The Bertz CT molecular complexity index is 359. The van der Waals surface area contributed by atoms with Crippen molar-refractivity contribution >= 4 is 0 Å². The van der Waals surface area contributed by atoms with Crippen LogP contribution >= 0.6 is 0 Å². The van der Waals surface area contributed by atoms with E-state index in [1.807, 2.05) is 0 Å². The molecular formula is C20H34O. The molecular weight excluding hydrogens is 256 g/mol. The molecule has 0 aliphatic rings. The molecule has 1 aromatic carbocycles. The van der Waals surface area contributed by atoms with E-state index >= 15 is 0 Å². The molecule has 0 fully saturated rings. The highest BCUT2D eigenvalue weighted by Gasteiger charge is 2.05. The topological polar surface area (TPSA) is 20.2 Å². The normalized spacial score (nSPS) is 12.5. The van der Waals surface area contributed by atoms with E-state index in [0.29, 0.717) is 0 Å². The highest BCUT2D eigenvalue weighted by atomic mass is 16.3. The molecule has 21 heavy (non-hydrogen) atoms. The van der Waals surface area contributed by atoms with Gasteiger partial charge in [-0.25, -0.2) is 0 Å². The van der Waals surface area contributed by atoms with Gasteiger partial charge in [0.15, 0.2) is 0 Å². The first-order chi connectivity index (χ1) is 10.2. The number of aliphatic hydroxyl groups is 1. The molecule has 0 heterocycles. The monoisotopic (exact) mass is 290 g/mol. The van der Waals surface area contributed by atoms with Gasteiger partial charge in [0.2, 0.25) is 0 Å². The quantitative estimate of drug-likeness (QED) is 0.481. The van der Waals surface area contributed by atoms with E-state index in [9.17, 15) is 5.11 Å². The maximum absolute atomic E-state index is 10.1. The molecule has 1 nitrogen and oxygen atoms in total. The van der Waals surface area contributed by atoms with Crippen LogP contribution in [0.5, 0.6) is 0 Å². The van der Waals surface area contributed by atoms with Crippen LogP contribution in [0.3, 0.4) is 0 Å². The van der Waals surface area contributed by atoms with E-state index in [4.69, 9.17) is 0 Å². The highest BCUT2D eigenvalue weighted by molar-refractivity contribution is 5.25. The fraction of sp³-hybridized carbons (Fsp3) is 0.700. The molecule has 0 spiro atoms. The van der Waals surface area contributed by atoms with Crippen molar-refractivity contribution < 1.29 is 5.11 Å². The maximum atomic E-state index is 10.1. The minimum atomic E-state index is -0.121. The predicted molar refractivity (Wildman–Crippen MR) is 92.7 cm³/mol. The SMILES string of the molecule is CCCCCCCCCCC(O)CCc1ccccc1C. The summed E-state index contributed by atoms with van der Waals surface area (Å²) < 4.78 is 0. The lowest BCUT2D eigenvalue weighted by Gasteiger charge is -2.11. The molecule has 0 aliphatic heterocycles. The van der Waals surface area contributed by atoms with Gasteiger partial charge >= 0.3 is 0 Å². The fourth-order valence-electron chi connectivity index (χ4n) is 2.87. The van der Waals surface area contributed by atoms with Crippen molar-refractivity contribution in [2.75, 3.05) is 0 Å². The van der Waals surface area contributed by atoms with Gasteiger partial charge in [-0.1, -0.05) is 82.6 Å². The molecule has 120 valence electrons. The van der Waals surface area contributed by atoms with E-state index in [1.54, 1.807) is 0 Å². The molecule has 0 amide bonds. The van der Waals surface area contributed by atoms with Gasteiger partial charge in [0, 0.05) is 0 Å². The number of hydrogen-bond donors (Lipinski definition) is 1. The van der Waals surface area contributed by atoms with Crippen LogP contribution < -0.4 is 0 Å². The van der Waals surface area contributed by atoms with E-state index in [1.165, 1.54) is 62.5 Å². The molecule has 0 bridgehead atoms. The summed E-state index contributed by atoms with van der Waals surface area (Å²) in [6, 6.07) is 8.50. The van der Waals surface area contributed by atoms with Crippen molar-refractivity contribution in [1.82, 2.24) is 0 Å². The first-order valence-corrected chi connectivity index (χ1v) is 8.96. The van der Waals surface area contributed by atoms with Gasteiger partial charge in [-0.05, 0) is 37.3 Å². The Morgan fingerprint density at radius 3 is 2.14 bits per heavy atom. The first kappa shape index (κ1) is 18.2. The van der Waals surface area contributed by atoms with Crippen LogP contribution in [-0.2, 0) is 6.42 Å². The van der Waals surface area contributed by atoms with Crippen molar-refractivity contribution in [3.63, 3.8) is 0 Å². The molecule has 1 aromatic rings. The number of aryl methyl sites for hydroxylation is 2. The average Bonchev–Trinajstić information content (AvgIpc) is 2.49. The van der Waals surface area contributed by atoms with Crippen molar-refractivity contribution in [3.8, 4) is 0 Å². The summed E-state index contributed by atoms with van der Waals surface area (Å²) in [7, 11) is 0. The largest absolute Gasteiger partial charge is 0.393 e. The lowest BCUT2D eigenvalue weighted by molar-refractivity contribution is 0.151. The van der Waals surface area contributed by atoms with Crippen LogP contribution in [0, 0.1) is 6.92 Å². The van der Waals surface area contributed by atoms with E-state index in [-0.39, 0.29) is 6.10 Å². The zero-order valence-corrected chi connectivity index (χ0v) is 14.1. The molecule has 0 saturated heterocycles. The molecule has 1 rings (SSSR count). The molecule has 0 aliphatic carbocycles. The van der Waals surface area contributed by atoms with Crippen LogP contribution in [0.15, 0.2) is 24.3 Å². The number of benzene rings is 1. The van der Waals surface area contributed by atoms with E-state index in [0.717, 1.165) is 19.3 Å². The molecule has 0 saturated carbocycles. The van der Waals surface area contributed by atoms with Crippen molar-refractivity contribution in [2.24, 2.45) is 0 Å². The molecule has 0 aromatic heterocycles. The molecule has 1 atom stereocenters. The minimum Gasteiger partial charge on any atom is -0.393 e. The van der Waals surface area contributed by atoms with Crippen LogP contribution in [0.4, 0.5) is 0 Å². The smallest absolute Gasteiger partial charge is 0.0543 e. The average molecular weight is 290 g/mol. The van der Waals surface area contributed by atoms with Gasteiger partial charge in [0.1, 0.15) is 0 Å². The minimum absolute atomic E-state index is 0.121. The Labute approximate surface area is 131 Å². The Hall–Kier alpha value is -0.820. The molecule has 1 N–H and O–H groups in total. The molecule has 1 unspecified atom stereocenters. The van der Waals surface area contributed by atoms with Gasteiger partial charge in [0.05, 0.1) is 6.10 Å². The summed E-state index contributed by atoms with van der Waals surface area (Å²) in [5, 5.41) is 10.1. The van der Waals surface area contributed by atoms with Crippen molar-refractivity contribution in [3.05, 3.63) is 35.4 Å². The summed E-state index contributed by atoms with van der Waals surface area (Å²) >= 11 is 0. The summed E-state index contributed by atoms with van der Waals surface area (Å²) in [4.78, 5) is 0. The number of aliphatic hydroxyl groups excluding tert-OH is 1. The van der Waals surface area contributed by atoms with Crippen LogP contribution in [0.1, 0.15) is 82.3 Å². The Morgan fingerprint density at radius 2 is 1.48 bits per heavy atom. The van der Waals surface area contributed by atoms with E-state index in [2.05, 4.69) is 38.1 Å².